The van der Waals surface area contributed by atoms with Crippen LogP contribution in [0.15, 0.2) is 24.3 Å². The van der Waals surface area contributed by atoms with E-state index in [9.17, 15) is 19.5 Å². The molecule has 8 nitrogen and oxygen atoms in total. The summed E-state index contributed by atoms with van der Waals surface area (Å²) < 4.78 is 16.8. The lowest BCUT2D eigenvalue weighted by atomic mass is 10.1. The number of nitrogens with zero attached hydrogens (tertiary/aromatic N) is 1. The Labute approximate surface area is 269 Å². The maximum Gasteiger partial charge on any atom is 0.306 e. The second-order valence-electron chi connectivity index (χ2n) is 12.8. The standard InChI is InChI=1S/C36H65NO7/c1-6-8-10-11-12-13-14-15-16-17-18-19-20-21-22-23-24-25-27-35(39)44-32(31-43-34(38)26-9-7-2)30-42-29-28-33(36(40)41)37(3,4)5/h13-14,16-17,32-33H,6-12,15,18-31H2,1-5H3/b14-13-,17-16-. The number of quaternary nitrogens is 1. The van der Waals surface area contributed by atoms with Crippen LogP contribution in [0.25, 0.3) is 0 Å². The monoisotopic (exact) mass is 623 g/mol. The van der Waals surface area contributed by atoms with Crippen molar-refractivity contribution in [3.05, 3.63) is 24.3 Å². The van der Waals surface area contributed by atoms with E-state index in [1.165, 1.54) is 57.8 Å². The average molecular weight is 624 g/mol. The summed E-state index contributed by atoms with van der Waals surface area (Å²) in [6.45, 7) is 4.37. The third-order valence-corrected chi connectivity index (χ3v) is 7.59. The molecule has 8 heteroatoms. The third kappa shape index (κ3) is 26.2. The molecule has 0 aliphatic carbocycles. The largest absolute Gasteiger partial charge is 0.544 e. The Morgan fingerprint density at radius 2 is 1.23 bits per heavy atom. The summed E-state index contributed by atoms with van der Waals surface area (Å²) in [5, 5.41) is 11.5. The summed E-state index contributed by atoms with van der Waals surface area (Å²) in [7, 11) is 5.36. The molecule has 0 rings (SSSR count). The minimum absolute atomic E-state index is 0.0364. The number of likely N-dealkylation sites (N-methyl/N-ethyl adjacent to an activating group) is 1. The fraction of sp³-hybridized carbons (Fsp3) is 0.806. The zero-order chi connectivity index (χ0) is 32.9. The van der Waals surface area contributed by atoms with Gasteiger partial charge in [-0.1, -0.05) is 95.9 Å². The number of hydrogen-bond acceptors (Lipinski definition) is 7. The van der Waals surface area contributed by atoms with Crippen LogP contribution in [-0.2, 0) is 28.6 Å². The molecule has 256 valence electrons. The molecule has 44 heavy (non-hydrogen) atoms. The Morgan fingerprint density at radius 1 is 0.682 bits per heavy atom. The molecule has 0 aliphatic heterocycles. The second kappa shape index (κ2) is 28.3. The van der Waals surface area contributed by atoms with Crippen LogP contribution in [-0.4, -0.2) is 75.5 Å². The fourth-order valence-corrected chi connectivity index (χ4v) is 4.78. The number of ether oxygens (including phenoxy) is 3. The van der Waals surface area contributed by atoms with Crippen LogP contribution < -0.4 is 5.11 Å². The van der Waals surface area contributed by atoms with Gasteiger partial charge in [0.2, 0.25) is 0 Å². The van der Waals surface area contributed by atoms with Crippen molar-refractivity contribution in [2.45, 2.75) is 148 Å². The molecule has 0 saturated carbocycles. The van der Waals surface area contributed by atoms with Crippen molar-refractivity contribution >= 4 is 17.9 Å². The summed E-state index contributed by atoms with van der Waals surface area (Å²) in [6, 6.07) is -0.720. The highest BCUT2D eigenvalue weighted by atomic mass is 16.6. The molecular formula is C36H65NO7. The first kappa shape index (κ1) is 41.8. The molecule has 0 N–H and O–H groups in total. The molecule has 0 aromatic rings. The highest BCUT2D eigenvalue weighted by molar-refractivity contribution is 5.70. The van der Waals surface area contributed by atoms with Gasteiger partial charge in [0.25, 0.3) is 0 Å². The summed E-state index contributed by atoms with van der Waals surface area (Å²) in [5.74, 6) is -1.79. The van der Waals surface area contributed by atoms with Gasteiger partial charge in [-0.3, -0.25) is 9.59 Å². The van der Waals surface area contributed by atoms with Crippen LogP contribution in [0.4, 0.5) is 0 Å². The molecule has 0 spiro atoms. The number of unbranched alkanes of at least 4 members (excludes halogenated alkanes) is 12. The normalized spacial score (nSPS) is 13.4. The van der Waals surface area contributed by atoms with E-state index >= 15 is 0 Å². The maximum atomic E-state index is 12.5. The summed E-state index contributed by atoms with van der Waals surface area (Å²) in [5.41, 5.74) is 0. The Balaban J connectivity index is 4.16. The SMILES string of the molecule is CCCCCC/C=C\C/C=C\CCCCCCCCCC(=O)OC(COCCC(C(=O)[O-])[N+](C)(C)C)COC(=O)CCCC. The van der Waals surface area contributed by atoms with E-state index in [0.29, 0.717) is 12.8 Å². The van der Waals surface area contributed by atoms with Crippen molar-refractivity contribution in [1.82, 2.24) is 0 Å². The van der Waals surface area contributed by atoms with E-state index in [2.05, 4.69) is 31.2 Å². The van der Waals surface area contributed by atoms with Crippen molar-refractivity contribution in [2.75, 3.05) is 41.0 Å². The summed E-state index contributed by atoms with van der Waals surface area (Å²) in [4.78, 5) is 35.9. The van der Waals surface area contributed by atoms with Gasteiger partial charge >= 0.3 is 11.9 Å². The lowest BCUT2D eigenvalue weighted by molar-refractivity contribution is -0.889. The van der Waals surface area contributed by atoms with Crippen LogP contribution in [0.1, 0.15) is 136 Å². The van der Waals surface area contributed by atoms with E-state index in [4.69, 9.17) is 14.2 Å². The zero-order valence-corrected chi connectivity index (χ0v) is 28.8. The van der Waals surface area contributed by atoms with Crippen LogP contribution in [0, 0.1) is 0 Å². The van der Waals surface area contributed by atoms with Crippen LogP contribution in [0.2, 0.25) is 0 Å². The van der Waals surface area contributed by atoms with Crippen LogP contribution in [0.3, 0.4) is 0 Å². The number of carbonyl (C=O) groups is 3. The summed E-state index contributed by atoms with van der Waals surface area (Å²) in [6.07, 6.45) is 27.3. The van der Waals surface area contributed by atoms with Crippen molar-refractivity contribution < 1.29 is 38.2 Å². The molecule has 0 aromatic carbocycles. The van der Waals surface area contributed by atoms with Crippen LogP contribution in [0.5, 0.6) is 0 Å². The number of carboxylic acids is 1. The van der Waals surface area contributed by atoms with Gasteiger partial charge in [0.05, 0.1) is 40.3 Å². The maximum absolute atomic E-state index is 12.5. The van der Waals surface area contributed by atoms with Gasteiger partial charge in [-0.15, -0.1) is 0 Å². The predicted molar refractivity (Wildman–Crippen MR) is 176 cm³/mol. The molecule has 0 fully saturated rings. The van der Waals surface area contributed by atoms with Gasteiger partial charge in [0.15, 0.2) is 6.10 Å². The molecule has 0 amide bonds. The van der Waals surface area contributed by atoms with Crippen molar-refractivity contribution in [3.63, 3.8) is 0 Å². The number of rotatable bonds is 30. The molecular weight excluding hydrogens is 558 g/mol. The smallest absolute Gasteiger partial charge is 0.306 e. The third-order valence-electron chi connectivity index (χ3n) is 7.59. The van der Waals surface area contributed by atoms with E-state index < -0.39 is 18.1 Å². The number of carboxylic acid groups (broad SMARTS) is 1. The zero-order valence-electron chi connectivity index (χ0n) is 28.8. The van der Waals surface area contributed by atoms with Gasteiger partial charge in [0.1, 0.15) is 12.6 Å². The van der Waals surface area contributed by atoms with Gasteiger partial charge in [-0.25, -0.2) is 0 Å². The molecule has 0 bridgehead atoms. The van der Waals surface area contributed by atoms with E-state index in [1.54, 1.807) is 21.1 Å². The summed E-state index contributed by atoms with van der Waals surface area (Å²) >= 11 is 0. The Morgan fingerprint density at radius 3 is 1.80 bits per heavy atom. The van der Waals surface area contributed by atoms with Crippen molar-refractivity contribution in [1.29, 1.82) is 0 Å². The molecule has 0 heterocycles. The molecule has 0 saturated heterocycles. The lowest BCUT2D eigenvalue weighted by Crippen LogP contribution is -2.55. The predicted octanol–water partition coefficient (Wildman–Crippen LogP) is 6.85. The highest BCUT2D eigenvalue weighted by Gasteiger charge is 2.25. The van der Waals surface area contributed by atoms with Gasteiger partial charge in [-0.2, -0.15) is 0 Å². The topological polar surface area (TPSA) is 102 Å². The lowest BCUT2D eigenvalue weighted by Gasteiger charge is -2.34. The number of aliphatic carboxylic acids is 1. The Bertz CT molecular complexity index is 788. The minimum atomic E-state index is -1.13. The van der Waals surface area contributed by atoms with E-state index in [-0.39, 0.29) is 42.7 Å². The van der Waals surface area contributed by atoms with Gasteiger partial charge < -0.3 is 28.6 Å². The number of esters is 2. The van der Waals surface area contributed by atoms with Gasteiger partial charge in [0, 0.05) is 19.3 Å². The minimum Gasteiger partial charge on any atom is -0.544 e. The number of allylic oxidation sites excluding steroid dienone is 4. The molecule has 2 atom stereocenters. The number of carbonyl (C=O) groups excluding carboxylic acids is 3. The number of hydrogen-bond donors (Lipinski definition) is 0. The fourth-order valence-electron chi connectivity index (χ4n) is 4.78. The first-order valence-corrected chi connectivity index (χ1v) is 17.4. The van der Waals surface area contributed by atoms with E-state index in [0.717, 1.165) is 44.9 Å². The van der Waals surface area contributed by atoms with Crippen molar-refractivity contribution in [3.8, 4) is 0 Å². The van der Waals surface area contributed by atoms with Crippen molar-refractivity contribution in [2.24, 2.45) is 0 Å². The highest BCUT2D eigenvalue weighted by Crippen LogP contribution is 2.12. The molecule has 0 radical (unpaired) electrons. The van der Waals surface area contributed by atoms with Gasteiger partial charge in [-0.05, 0) is 44.9 Å². The van der Waals surface area contributed by atoms with Crippen LogP contribution >= 0.6 is 0 Å². The molecule has 0 aromatic heterocycles. The quantitative estimate of drug-likeness (QED) is 0.0373. The molecule has 2 unspecified atom stereocenters. The Kier molecular flexibility index (Phi) is 26.9. The van der Waals surface area contributed by atoms with E-state index in [1.807, 2.05) is 6.92 Å². The first-order valence-electron chi connectivity index (χ1n) is 17.4. The second-order valence-corrected chi connectivity index (χ2v) is 12.8. The average Bonchev–Trinajstić information content (AvgIpc) is 2.96. The first-order chi connectivity index (χ1) is 21.1. The Hall–Kier alpha value is -2.19. The molecule has 0 aliphatic rings.